The average Bonchev–Trinajstić information content (AvgIpc) is 3.10. The molecule has 2 aromatic heterocycles. The van der Waals surface area contributed by atoms with Crippen molar-refractivity contribution < 1.29 is 4.79 Å². The Morgan fingerprint density at radius 1 is 1.00 bits per heavy atom. The summed E-state index contributed by atoms with van der Waals surface area (Å²) in [6, 6.07) is 18.9. The molecule has 146 valence electrons. The summed E-state index contributed by atoms with van der Waals surface area (Å²) < 4.78 is 2.08. The van der Waals surface area contributed by atoms with Gasteiger partial charge in [-0.1, -0.05) is 48.0 Å². The van der Waals surface area contributed by atoms with E-state index in [1.165, 1.54) is 6.07 Å². The zero-order chi connectivity index (χ0) is 20.2. The molecule has 2 aromatic carbocycles. The molecule has 0 saturated heterocycles. The van der Waals surface area contributed by atoms with Crippen LogP contribution in [0, 0.1) is 0 Å². The highest BCUT2D eigenvalue weighted by molar-refractivity contribution is 6.30. The van der Waals surface area contributed by atoms with Crippen molar-refractivity contribution in [2.45, 2.75) is 13.0 Å². The number of amides is 1. The number of hydrogen-bond donors (Lipinski definition) is 2. The predicted octanol–water partition coefficient (Wildman–Crippen LogP) is 4.00. The van der Waals surface area contributed by atoms with Gasteiger partial charge in [0.1, 0.15) is 0 Å². The summed E-state index contributed by atoms with van der Waals surface area (Å²) in [5, 5.41) is 4.60. The Kier molecular flexibility index (Phi) is 5.49. The van der Waals surface area contributed by atoms with Gasteiger partial charge in [-0.05, 0) is 35.7 Å². The minimum absolute atomic E-state index is 0.111. The summed E-state index contributed by atoms with van der Waals surface area (Å²) in [6.45, 7) is 1.14. The van der Waals surface area contributed by atoms with Crippen molar-refractivity contribution in [2.24, 2.45) is 0 Å². The molecule has 0 radical (unpaired) electrons. The lowest BCUT2D eigenvalue weighted by molar-refractivity contribution is 0.0955. The van der Waals surface area contributed by atoms with E-state index in [2.05, 4.69) is 14.9 Å². The Labute approximate surface area is 173 Å². The highest BCUT2D eigenvalue weighted by Gasteiger charge is 2.14. The summed E-state index contributed by atoms with van der Waals surface area (Å²) >= 11 is 5.98. The number of H-pyrrole nitrogens is 1. The molecule has 1 amide bonds. The number of rotatable bonds is 6. The number of aromatic nitrogens is 2. The van der Waals surface area contributed by atoms with Crippen molar-refractivity contribution in [1.29, 1.82) is 0 Å². The van der Waals surface area contributed by atoms with Crippen molar-refractivity contribution in [3.05, 3.63) is 105 Å². The Bertz CT molecular complexity index is 1190. The summed E-state index contributed by atoms with van der Waals surface area (Å²) in [6.07, 6.45) is 4.22. The van der Waals surface area contributed by atoms with Gasteiger partial charge in [0.2, 0.25) is 5.56 Å². The number of nitrogens with zero attached hydrogens (tertiary/aromatic N) is 1. The van der Waals surface area contributed by atoms with Crippen molar-refractivity contribution in [3.8, 4) is 0 Å². The third-order valence-electron chi connectivity index (χ3n) is 4.85. The molecule has 4 rings (SSSR count). The van der Waals surface area contributed by atoms with Crippen LogP contribution in [0.1, 0.15) is 21.5 Å². The van der Waals surface area contributed by atoms with Crippen LogP contribution in [0.15, 0.2) is 77.9 Å². The van der Waals surface area contributed by atoms with Crippen LogP contribution in [0.5, 0.6) is 0 Å². The van der Waals surface area contributed by atoms with Crippen LogP contribution >= 0.6 is 11.6 Å². The van der Waals surface area contributed by atoms with Gasteiger partial charge < -0.3 is 14.9 Å². The quantitative estimate of drug-likeness (QED) is 0.509. The Morgan fingerprint density at radius 3 is 2.52 bits per heavy atom. The molecule has 0 saturated carbocycles. The smallest absolute Gasteiger partial charge is 0.253 e. The second-order valence-electron chi connectivity index (χ2n) is 6.88. The SMILES string of the molecule is O=C(NCCc1ccc(=O)[nH]c1)c1cn(Cc2ccc(Cl)cc2)c2ccccc12. The van der Waals surface area contributed by atoms with Crippen molar-refractivity contribution in [1.82, 2.24) is 14.9 Å². The van der Waals surface area contributed by atoms with E-state index in [9.17, 15) is 9.59 Å². The fraction of sp³-hybridized carbons (Fsp3) is 0.130. The number of nitrogens with one attached hydrogen (secondary N) is 2. The van der Waals surface area contributed by atoms with Crippen LogP contribution in [0.2, 0.25) is 5.02 Å². The number of para-hydroxylation sites is 1. The fourth-order valence-electron chi connectivity index (χ4n) is 3.36. The molecular formula is C23H20ClN3O2. The Hall–Kier alpha value is -3.31. The normalized spacial score (nSPS) is 10.9. The zero-order valence-electron chi connectivity index (χ0n) is 15.7. The second kappa shape index (κ2) is 8.37. The molecule has 2 N–H and O–H groups in total. The van der Waals surface area contributed by atoms with Crippen LogP contribution in [-0.2, 0) is 13.0 Å². The number of pyridine rings is 1. The first-order chi connectivity index (χ1) is 14.1. The van der Waals surface area contributed by atoms with Crippen molar-refractivity contribution in [2.75, 3.05) is 6.54 Å². The average molecular weight is 406 g/mol. The first kappa shape index (κ1) is 19.0. The first-order valence-electron chi connectivity index (χ1n) is 9.38. The van der Waals surface area contributed by atoms with E-state index in [-0.39, 0.29) is 11.5 Å². The molecule has 0 aliphatic rings. The number of carbonyl (C=O) groups excluding carboxylic acids is 1. The van der Waals surface area contributed by atoms with Gasteiger partial charge in [0, 0.05) is 47.5 Å². The van der Waals surface area contributed by atoms with Gasteiger partial charge in [0.25, 0.3) is 5.91 Å². The predicted molar refractivity (Wildman–Crippen MR) is 116 cm³/mol. The van der Waals surface area contributed by atoms with Gasteiger partial charge >= 0.3 is 0 Å². The lowest BCUT2D eigenvalue weighted by atomic mass is 10.1. The standard InChI is InChI=1S/C23H20ClN3O2/c24-18-8-5-17(6-9-18)14-27-15-20(19-3-1-2-4-21(19)27)23(29)25-12-11-16-7-10-22(28)26-13-16/h1-10,13,15H,11-12,14H2,(H,25,29)(H,26,28). The number of halogens is 1. The van der Waals surface area contributed by atoms with E-state index in [1.807, 2.05) is 54.7 Å². The van der Waals surface area contributed by atoms with Gasteiger partial charge in [-0.15, -0.1) is 0 Å². The van der Waals surface area contributed by atoms with Crippen molar-refractivity contribution in [3.63, 3.8) is 0 Å². The minimum Gasteiger partial charge on any atom is -0.352 e. The van der Waals surface area contributed by atoms with Gasteiger partial charge in [0.15, 0.2) is 0 Å². The molecule has 4 aromatic rings. The molecule has 5 nitrogen and oxygen atoms in total. The van der Waals surface area contributed by atoms with Crippen molar-refractivity contribution >= 4 is 28.4 Å². The molecule has 0 bridgehead atoms. The van der Waals surface area contributed by atoms with E-state index >= 15 is 0 Å². The topological polar surface area (TPSA) is 66.9 Å². The van der Waals surface area contributed by atoms with E-state index in [1.54, 1.807) is 12.3 Å². The largest absolute Gasteiger partial charge is 0.352 e. The molecular weight excluding hydrogens is 386 g/mol. The monoisotopic (exact) mass is 405 g/mol. The molecule has 0 aliphatic carbocycles. The van der Waals surface area contributed by atoms with Crippen LogP contribution in [-0.4, -0.2) is 22.0 Å². The number of carbonyl (C=O) groups is 1. The molecule has 0 fully saturated rings. The first-order valence-corrected chi connectivity index (χ1v) is 9.76. The number of fused-ring (bicyclic) bond motifs is 1. The third-order valence-corrected chi connectivity index (χ3v) is 5.10. The van der Waals surface area contributed by atoms with Crippen LogP contribution in [0.4, 0.5) is 0 Å². The van der Waals surface area contributed by atoms with Crippen LogP contribution in [0.3, 0.4) is 0 Å². The molecule has 0 unspecified atom stereocenters. The molecule has 0 spiro atoms. The summed E-state index contributed by atoms with van der Waals surface area (Å²) in [5.41, 5.74) is 3.60. The molecule has 0 aliphatic heterocycles. The highest BCUT2D eigenvalue weighted by Crippen LogP contribution is 2.23. The second-order valence-corrected chi connectivity index (χ2v) is 7.32. The fourth-order valence-corrected chi connectivity index (χ4v) is 3.48. The molecule has 29 heavy (non-hydrogen) atoms. The number of aromatic amines is 1. The Morgan fingerprint density at radius 2 is 1.76 bits per heavy atom. The van der Waals surface area contributed by atoms with Gasteiger partial charge in [0.05, 0.1) is 5.56 Å². The number of benzene rings is 2. The molecule has 0 atom stereocenters. The van der Waals surface area contributed by atoms with Gasteiger partial charge in [-0.25, -0.2) is 0 Å². The summed E-state index contributed by atoms with van der Waals surface area (Å²) in [7, 11) is 0. The lowest BCUT2D eigenvalue weighted by Gasteiger charge is -2.05. The van der Waals surface area contributed by atoms with E-state index in [4.69, 9.17) is 11.6 Å². The minimum atomic E-state index is -0.133. The maximum Gasteiger partial charge on any atom is 0.253 e. The van der Waals surface area contributed by atoms with E-state index in [0.717, 1.165) is 22.0 Å². The van der Waals surface area contributed by atoms with Gasteiger partial charge in [-0.2, -0.15) is 0 Å². The Balaban J connectivity index is 1.52. The molecule has 2 heterocycles. The highest BCUT2D eigenvalue weighted by atomic mass is 35.5. The maximum atomic E-state index is 12.8. The molecule has 6 heteroatoms. The van der Waals surface area contributed by atoms with Gasteiger partial charge in [-0.3, -0.25) is 9.59 Å². The third kappa shape index (κ3) is 4.41. The van der Waals surface area contributed by atoms with E-state index in [0.29, 0.717) is 30.1 Å². The zero-order valence-corrected chi connectivity index (χ0v) is 16.4. The summed E-state index contributed by atoms with van der Waals surface area (Å²) in [5.74, 6) is -0.111. The summed E-state index contributed by atoms with van der Waals surface area (Å²) in [4.78, 5) is 26.6. The van der Waals surface area contributed by atoms with Crippen LogP contribution < -0.4 is 10.9 Å². The van der Waals surface area contributed by atoms with E-state index < -0.39 is 0 Å². The maximum absolute atomic E-state index is 12.8. The van der Waals surface area contributed by atoms with Crippen LogP contribution in [0.25, 0.3) is 10.9 Å². The number of hydrogen-bond acceptors (Lipinski definition) is 2. The lowest BCUT2D eigenvalue weighted by Crippen LogP contribution is -2.25.